The number of fused-ring (bicyclic) bond motifs is 1. The minimum absolute atomic E-state index is 0.299. The van der Waals surface area contributed by atoms with Crippen LogP contribution in [0.4, 0.5) is 4.39 Å². The Morgan fingerprint density at radius 1 is 1.19 bits per heavy atom. The summed E-state index contributed by atoms with van der Waals surface area (Å²) >= 11 is 1.29. The number of halogens is 1. The first-order valence-electron chi connectivity index (χ1n) is 8.65. The molecule has 0 fully saturated rings. The molecule has 3 rings (SSSR count). The van der Waals surface area contributed by atoms with Crippen LogP contribution in [0.3, 0.4) is 0 Å². The van der Waals surface area contributed by atoms with Gasteiger partial charge < -0.3 is 9.30 Å². The van der Waals surface area contributed by atoms with E-state index in [2.05, 4.69) is 11.9 Å². The van der Waals surface area contributed by atoms with E-state index in [9.17, 15) is 9.18 Å². The minimum Gasteiger partial charge on any atom is -0.494 e. The highest BCUT2D eigenvalue weighted by Gasteiger charge is 2.08. The molecule has 0 aliphatic rings. The molecule has 4 nitrogen and oxygen atoms in total. The number of benzene rings is 2. The number of aromatic nitrogens is 1. The predicted octanol–water partition coefficient (Wildman–Crippen LogP) is 4.69. The van der Waals surface area contributed by atoms with Gasteiger partial charge in [-0.1, -0.05) is 31.1 Å². The van der Waals surface area contributed by atoms with Crippen molar-refractivity contribution in [2.75, 3.05) is 6.61 Å². The molecule has 0 atom stereocenters. The van der Waals surface area contributed by atoms with E-state index in [1.54, 1.807) is 34.9 Å². The fourth-order valence-corrected chi connectivity index (χ4v) is 3.64. The second kappa shape index (κ2) is 8.27. The molecule has 1 aromatic heterocycles. The highest BCUT2D eigenvalue weighted by Crippen LogP contribution is 2.18. The molecule has 0 bridgehead atoms. The Balaban J connectivity index is 1.77. The maximum atomic E-state index is 13.4. The third kappa shape index (κ3) is 4.19. The largest absolute Gasteiger partial charge is 0.494 e. The summed E-state index contributed by atoms with van der Waals surface area (Å²) in [6.45, 7) is 2.83. The molecule has 0 unspecified atom stereocenters. The molecule has 6 heteroatoms. The van der Waals surface area contributed by atoms with Crippen molar-refractivity contribution in [3.05, 3.63) is 58.6 Å². The summed E-state index contributed by atoms with van der Waals surface area (Å²) in [5.74, 6) is 0.123. The van der Waals surface area contributed by atoms with Crippen LogP contribution in [-0.4, -0.2) is 17.1 Å². The predicted molar refractivity (Wildman–Crippen MR) is 102 cm³/mol. The molecule has 0 saturated heterocycles. The van der Waals surface area contributed by atoms with E-state index >= 15 is 0 Å². The van der Waals surface area contributed by atoms with Gasteiger partial charge in [-0.3, -0.25) is 4.79 Å². The van der Waals surface area contributed by atoms with Crippen molar-refractivity contribution in [2.24, 2.45) is 12.0 Å². The first-order valence-corrected chi connectivity index (χ1v) is 9.47. The smallest absolute Gasteiger partial charge is 0.279 e. The highest BCUT2D eigenvalue weighted by molar-refractivity contribution is 7.16. The quantitative estimate of drug-likeness (QED) is 0.589. The molecule has 0 saturated carbocycles. The average Bonchev–Trinajstić information content (AvgIpc) is 2.94. The second-order valence-corrected chi connectivity index (χ2v) is 7.06. The third-order valence-corrected chi connectivity index (χ3v) is 5.18. The maximum absolute atomic E-state index is 13.4. The normalized spacial score (nSPS) is 11.9. The van der Waals surface area contributed by atoms with Crippen molar-refractivity contribution >= 4 is 27.5 Å². The standard InChI is InChI=1S/C20H21FN2O2S/c1-3-4-5-12-25-16-9-6-14(7-10-16)19(24)22-20-23(2)17-11-8-15(21)13-18(17)26-20/h6-11,13H,3-5,12H2,1-2H3. The van der Waals surface area contributed by atoms with E-state index in [-0.39, 0.29) is 11.7 Å². The van der Waals surface area contributed by atoms with Crippen molar-refractivity contribution in [2.45, 2.75) is 26.2 Å². The summed E-state index contributed by atoms with van der Waals surface area (Å²) in [5.41, 5.74) is 1.34. The van der Waals surface area contributed by atoms with Crippen LogP contribution < -0.4 is 9.54 Å². The van der Waals surface area contributed by atoms with Gasteiger partial charge in [-0.15, -0.1) is 0 Å². The first kappa shape index (κ1) is 18.3. The molecule has 3 aromatic rings. The topological polar surface area (TPSA) is 43.6 Å². The van der Waals surface area contributed by atoms with E-state index in [0.717, 1.165) is 35.2 Å². The van der Waals surface area contributed by atoms with Gasteiger partial charge in [0.2, 0.25) is 0 Å². The van der Waals surface area contributed by atoms with Crippen LogP contribution in [0.2, 0.25) is 0 Å². The van der Waals surface area contributed by atoms with Crippen LogP contribution >= 0.6 is 11.3 Å². The van der Waals surface area contributed by atoms with Gasteiger partial charge in [0.1, 0.15) is 11.6 Å². The van der Waals surface area contributed by atoms with Crippen molar-refractivity contribution in [1.82, 2.24) is 4.57 Å². The number of hydrogen-bond donors (Lipinski definition) is 0. The molecular formula is C20H21FN2O2S. The summed E-state index contributed by atoms with van der Waals surface area (Å²) in [7, 11) is 1.82. The molecular weight excluding hydrogens is 351 g/mol. The number of nitrogens with zero attached hydrogens (tertiary/aromatic N) is 2. The van der Waals surface area contributed by atoms with Gasteiger partial charge in [-0.2, -0.15) is 4.99 Å². The van der Waals surface area contributed by atoms with Crippen molar-refractivity contribution in [3.63, 3.8) is 0 Å². The number of amides is 1. The van der Waals surface area contributed by atoms with Gasteiger partial charge >= 0.3 is 0 Å². The van der Waals surface area contributed by atoms with Gasteiger partial charge in [0.25, 0.3) is 5.91 Å². The second-order valence-electron chi connectivity index (χ2n) is 6.05. The van der Waals surface area contributed by atoms with E-state index in [1.807, 2.05) is 7.05 Å². The molecule has 0 radical (unpaired) electrons. The number of aryl methyl sites for hydroxylation is 1. The van der Waals surface area contributed by atoms with E-state index in [0.29, 0.717) is 17.0 Å². The number of hydrogen-bond acceptors (Lipinski definition) is 3. The summed E-state index contributed by atoms with van der Waals surface area (Å²) < 4.78 is 21.6. The fraction of sp³-hybridized carbons (Fsp3) is 0.300. The van der Waals surface area contributed by atoms with Gasteiger partial charge in [-0.25, -0.2) is 4.39 Å². The van der Waals surface area contributed by atoms with Crippen LogP contribution in [0.1, 0.15) is 36.5 Å². The minimum atomic E-state index is -0.329. The van der Waals surface area contributed by atoms with Crippen LogP contribution in [0, 0.1) is 5.82 Å². The molecule has 1 amide bonds. The SMILES string of the molecule is CCCCCOc1ccc(C(=O)N=c2sc3cc(F)ccc3n2C)cc1. The van der Waals surface area contributed by atoms with Crippen molar-refractivity contribution < 1.29 is 13.9 Å². The fourth-order valence-electron chi connectivity index (χ4n) is 2.60. The Bertz CT molecular complexity index is 974. The zero-order valence-corrected chi connectivity index (χ0v) is 15.7. The maximum Gasteiger partial charge on any atom is 0.279 e. The summed E-state index contributed by atoms with van der Waals surface area (Å²) in [6.07, 6.45) is 3.32. The number of rotatable bonds is 6. The van der Waals surface area contributed by atoms with Crippen LogP contribution in [-0.2, 0) is 7.05 Å². The van der Waals surface area contributed by atoms with Crippen molar-refractivity contribution in [1.29, 1.82) is 0 Å². The lowest BCUT2D eigenvalue weighted by Crippen LogP contribution is -2.13. The Morgan fingerprint density at radius 2 is 1.96 bits per heavy atom. The summed E-state index contributed by atoms with van der Waals surface area (Å²) in [5, 5.41) is 0. The van der Waals surface area contributed by atoms with Crippen LogP contribution in [0.5, 0.6) is 5.75 Å². The molecule has 2 aromatic carbocycles. The van der Waals surface area contributed by atoms with E-state index < -0.39 is 0 Å². The van der Waals surface area contributed by atoms with E-state index in [4.69, 9.17) is 4.74 Å². The molecule has 26 heavy (non-hydrogen) atoms. The Hall–Kier alpha value is -2.47. The molecule has 0 spiro atoms. The number of thiazole rings is 1. The number of carbonyl (C=O) groups is 1. The number of carbonyl (C=O) groups excluding carboxylic acids is 1. The lowest BCUT2D eigenvalue weighted by atomic mass is 10.2. The number of ether oxygens (including phenoxy) is 1. The third-order valence-electron chi connectivity index (χ3n) is 4.09. The van der Waals surface area contributed by atoms with Gasteiger partial charge in [0.05, 0.1) is 16.8 Å². The van der Waals surface area contributed by atoms with Crippen LogP contribution in [0.25, 0.3) is 10.2 Å². The lowest BCUT2D eigenvalue weighted by Gasteiger charge is -2.05. The molecule has 1 heterocycles. The molecule has 0 aliphatic heterocycles. The van der Waals surface area contributed by atoms with Crippen LogP contribution in [0.15, 0.2) is 47.5 Å². The van der Waals surface area contributed by atoms with Gasteiger partial charge in [0.15, 0.2) is 4.80 Å². The molecule has 136 valence electrons. The average molecular weight is 372 g/mol. The zero-order valence-electron chi connectivity index (χ0n) is 14.9. The van der Waals surface area contributed by atoms with E-state index in [1.165, 1.54) is 23.5 Å². The summed E-state index contributed by atoms with van der Waals surface area (Å²) in [6, 6.07) is 11.6. The monoisotopic (exact) mass is 372 g/mol. The summed E-state index contributed by atoms with van der Waals surface area (Å²) in [4.78, 5) is 17.2. The van der Waals surface area contributed by atoms with Crippen molar-refractivity contribution in [3.8, 4) is 5.75 Å². The van der Waals surface area contributed by atoms with Gasteiger partial charge in [-0.05, 0) is 48.9 Å². The Morgan fingerprint density at radius 3 is 2.69 bits per heavy atom. The number of unbranched alkanes of at least 4 members (excludes halogenated alkanes) is 2. The Labute approximate surface area is 155 Å². The lowest BCUT2D eigenvalue weighted by molar-refractivity contribution is 0.0998. The highest BCUT2D eigenvalue weighted by atomic mass is 32.1. The molecule has 0 aliphatic carbocycles. The van der Waals surface area contributed by atoms with Gasteiger partial charge in [0, 0.05) is 12.6 Å². The first-order chi connectivity index (χ1) is 12.6. The zero-order chi connectivity index (χ0) is 18.5. The molecule has 0 N–H and O–H groups in total. The Kier molecular flexibility index (Phi) is 5.83.